The number of alkyl halides is 1. The highest BCUT2D eigenvalue weighted by Gasteiger charge is 2.33. The molecule has 1 aliphatic heterocycles. The molecule has 2 atom stereocenters. The molecule has 1 N–H and O–H groups in total. The van der Waals surface area contributed by atoms with Gasteiger partial charge in [-0.25, -0.2) is 0 Å². The van der Waals surface area contributed by atoms with Gasteiger partial charge in [0, 0.05) is 18.0 Å². The number of rotatable bonds is 6. The molecule has 2 fully saturated rings. The van der Waals surface area contributed by atoms with Gasteiger partial charge in [0.15, 0.2) is 0 Å². The zero-order valence-electron chi connectivity index (χ0n) is 13.1. The molecule has 1 aliphatic carbocycles. The summed E-state index contributed by atoms with van der Waals surface area (Å²) in [5, 5.41) is 4.09. The van der Waals surface area contributed by atoms with Gasteiger partial charge in [0.05, 0.1) is 12.7 Å². The van der Waals surface area contributed by atoms with Crippen molar-refractivity contribution in [3.8, 4) is 0 Å². The standard InChI is InChI=1S/C16H31ClN2O/c1-19(2)11-12-20-16(15-5-3-4-10-18-15)13-6-8-14(17)9-7-13/h13-16,18H,3-12H2,1-2H3. The van der Waals surface area contributed by atoms with Crippen LogP contribution in [0.3, 0.4) is 0 Å². The molecule has 0 aromatic carbocycles. The van der Waals surface area contributed by atoms with Crippen LogP contribution in [0, 0.1) is 5.92 Å². The van der Waals surface area contributed by atoms with E-state index in [-0.39, 0.29) is 0 Å². The van der Waals surface area contributed by atoms with E-state index < -0.39 is 0 Å². The highest BCUT2D eigenvalue weighted by atomic mass is 35.5. The summed E-state index contributed by atoms with van der Waals surface area (Å²) in [6.07, 6.45) is 9.11. The van der Waals surface area contributed by atoms with Crippen molar-refractivity contribution >= 4 is 11.6 Å². The maximum atomic E-state index is 6.32. The molecule has 4 heteroatoms. The van der Waals surface area contributed by atoms with Crippen LogP contribution < -0.4 is 5.32 Å². The van der Waals surface area contributed by atoms with E-state index in [1.807, 2.05) is 0 Å². The maximum absolute atomic E-state index is 6.32. The summed E-state index contributed by atoms with van der Waals surface area (Å²) >= 11 is 6.26. The average molecular weight is 303 g/mol. The van der Waals surface area contributed by atoms with E-state index in [9.17, 15) is 0 Å². The first kappa shape index (κ1) is 16.5. The molecular formula is C16H31ClN2O. The van der Waals surface area contributed by atoms with E-state index in [4.69, 9.17) is 16.3 Å². The van der Waals surface area contributed by atoms with Crippen LogP contribution >= 0.6 is 11.6 Å². The van der Waals surface area contributed by atoms with Gasteiger partial charge in [-0.15, -0.1) is 11.6 Å². The van der Waals surface area contributed by atoms with Crippen molar-refractivity contribution in [2.24, 2.45) is 5.92 Å². The number of piperidine rings is 1. The summed E-state index contributed by atoms with van der Waals surface area (Å²) in [6.45, 7) is 3.01. The second-order valence-corrected chi connectivity index (χ2v) is 7.32. The number of nitrogens with zero attached hydrogens (tertiary/aromatic N) is 1. The first-order chi connectivity index (χ1) is 9.66. The van der Waals surface area contributed by atoms with Crippen molar-refractivity contribution in [1.82, 2.24) is 10.2 Å². The van der Waals surface area contributed by atoms with Crippen LogP contribution in [0.5, 0.6) is 0 Å². The molecule has 0 aromatic heterocycles. The Hall–Kier alpha value is 0.170. The number of halogens is 1. The van der Waals surface area contributed by atoms with Gasteiger partial charge in [-0.3, -0.25) is 0 Å². The Balaban J connectivity index is 1.88. The Morgan fingerprint density at radius 1 is 1.15 bits per heavy atom. The summed E-state index contributed by atoms with van der Waals surface area (Å²) in [4.78, 5) is 2.20. The third-order valence-electron chi connectivity index (χ3n) is 4.76. The fourth-order valence-corrected chi connectivity index (χ4v) is 3.77. The van der Waals surface area contributed by atoms with Gasteiger partial charge in [-0.1, -0.05) is 6.42 Å². The summed E-state index contributed by atoms with van der Waals surface area (Å²) in [5.74, 6) is 0.697. The molecule has 3 nitrogen and oxygen atoms in total. The van der Waals surface area contributed by atoms with Crippen LogP contribution in [0.1, 0.15) is 44.9 Å². The Morgan fingerprint density at radius 3 is 2.50 bits per heavy atom. The third kappa shape index (κ3) is 5.18. The van der Waals surface area contributed by atoms with Gasteiger partial charge < -0.3 is 15.0 Å². The quantitative estimate of drug-likeness (QED) is 0.764. The van der Waals surface area contributed by atoms with Gasteiger partial charge in [0.25, 0.3) is 0 Å². The topological polar surface area (TPSA) is 24.5 Å². The molecule has 2 aliphatic rings. The van der Waals surface area contributed by atoms with Crippen molar-refractivity contribution in [1.29, 1.82) is 0 Å². The molecule has 0 radical (unpaired) electrons. The smallest absolute Gasteiger partial charge is 0.0756 e. The highest BCUT2D eigenvalue weighted by Crippen LogP contribution is 2.33. The summed E-state index contributed by atoms with van der Waals surface area (Å²) in [7, 11) is 4.21. The van der Waals surface area contributed by atoms with Crippen LogP contribution in [-0.2, 0) is 4.74 Å². The van der Waals surface area contributed by atoms with E-state index in [0.29, 0.717) is 23.4 Å². The lowest BCUT2D eigenvalue weighted by Gasteiger charge is -2.39. The zero-order valence-corrected chi connectivity index (χ0v) is 13.9. The molecule has 0 bridgehead atoms. The average Bonchev–Trinajstić information content (AvgIpc) is 2.46. The number of likely N-dealkylation sites (N-methyl/N-ethyl adjacent to an activating group) is 1. The highest BCUT2D eigenvalue weighted by molar-refractivity contribution is 6.20. The van der Waals surface area contributed by atoms with Crippen molar-refractivity contribution in [3.05, 3.63) is 0 Å². The van der Waals surface area contributed by atoms with E-state index in [1.165, 1.54) is 32.1 Å². The second-order valence-electron chi connectivity index (χ2n) is 6.71. The molecule has 1 heterocycles. The third-order valence-corrected chi connectivity index (χ3v) is 5.20. The minimum atomic E-state index is 0.388. The molecule has 0 amide bonds. The molecule has 2 rings (SSSR count). The zero-order chi connectivity index (χ0) is 14.4. The molecule has 1 saturated carbocycles. The van der Waals surface area contributed by atoms with Gasteiger partial charge in [-0.2, -0.15) is 0 Å². The van der Waals surface area contributed by atoms with Gasteiger partial charge in [-0.05, 0) is 65.1 Å². The Labute approximate surface area is 129 Å². The molecule has 0 aromatic rings. The van der Waals surface area contributed by atoms with Crippen molar-refractivity contribution in [2.45, 2.75) is 62.5 Å². The minimum absolute atomic E-state index is 0.388. The first-order valence-corrected chi connectivity index (χ1v) is 8.74. The lowest BCUT2D eigenvalue weighted by molar-refractivity contribution is -0.0325. The predicted molar refractivity (Wildman–Crippen MR) is 85.5 cm³/mol. The number of nitrogens with one attached hydrogen (secondary N) is 1. The maximum Gasteiger partial charge on any atom is 0.0756 e. The summed E-state index contributed by atoms with van der Waals surface area (Å²) in [6, 6.07) is 0.558. The van der Waals surface area contributed by atoms with E-state index in [2.05, 4.69) is 24.3 Å². The van der Waals surface area contributed by atoms with Gasteiger partial charge in [0.1, 0.15) is 0 Å². The molecule has 20 heavy (non-hydrogen) atoms. The molecule has 1 saturated heterocycles. The number of hydrogen-bond acceptors (Lipinski definition) is 3. The van der Waals surface area contributed by atoms with Crippen LogP contribution in [0.4, 0.5) is 0 Å². The second kappa shape index (κ2) is 8.57. The molecule has 0 spiro atoms. The van der Waals surface area contributed by atoms with Crippen LogP contribution in [-0.4, -0.2) is 56.2 Å². The van der Waals surface area contributed by atoms with Crippen LogP contribution in [0.2, 0.25) is 0 Å². The predicted octanol–water partition coefficient (Wildman–Crippen LogP) is 2.87. The minimum Gasteiger partial charge on any atom is -0.375 e. The Kier molecular flexibility index (Phi) is 7.09. The summed E-state index contributed by atoms with van der Waals surface area (Å²) in [5.41, 5.74) is 0. The molecule has 2 unspecified atom stereocenters. The van der Waals surface area contributed by atoms with Gasteiger partial charge >= 0.3 is 0 Å². The normalized spacial score (nSPS) is 33.3. The Morgan fingerprint density at radius 2 is 1.90 bits per heavy atom. The molecular weight excluding hydrogens is 272 g/mol. The van der Waals surface area contributed by atoms with Crippen molar-refractivity contribution in [2.75, 3.05) is 33.8 Å². The lowest BCUT2D eigenvalue weighted by Crippen LogP contribution is -2.49. The van der Waals surface area contributed by atoms with E-state index in [0.717, 1.165) is 32.5 Å². The number of hydrogen-bond donors (Lipinski definition) is 1. The summed E-state index contributed by atoms with van der Waals surface area (Å²) < 4.78 is 6.32. The van der Waals surface area contributed by atoms with E-state index >= 15 is 0 Å². The monoisotopic (exact) mass is 302 g/mol. The Bertz CT molecular complexity index is 261. The lowest BCUT2D eigenvalue weighted by atomic mass is 9.80. The van der Waals surface area contributed by atoms with Crippen molar-refractivity contribution < 1.29 is 4.74 Å². The van der Waals surface area contributed by atoms with Crippen LogP contribution in [0.25, 0.3) is 0 Å². The number of ether oxygens (including phenoxy) is 1. The first-order valence-electron chi connectivity index (χ1n) is 8.30. The van der Waals surface area contributed by atoms with Crippen LogP contribution in [0.15, 0.2) is 0 Å². The largest absolute Gasteiger partial charge is 0.375 e. The fourth-order valence-electron chi connectivity index (χ4n) is 3.52. The van der Waals surface area contributed by atoms with Gasteiger partial charge in [0.2, 0.25) is 0 Å². The fraction of sp³-hybridized carbons (Fsp3) is 1.00. The van der Waals surface area contributed by atoms with Crippen molar-refractivity contribution in [3.63, 3.8) is 0 Å². The molecule has 118 valence electrons. The van der Waals surface area contributed by atoms with E-state index in [1.54, 1.807) is 0 Å². The SMILES string of the molecule is CN(C)CCOC(C1CCC(Cl)CC1)C1CCCCN1.